The van der Waals surface area contributed by atoms with Gasteiger partial charge in [0, 0.05) is 16.3 Å². The van der Waals surface area contributed by atoms with Crippen molar-refractivity contribution in [3.63, 3.8) is 0 Å². The van der Waals surface area contributed by atoms with Gasteiger partial charge in [0.2, 0.25) is 11.8 Å². The number of rotatable bonds is 1. The van der Waals surface area contributed by atoms with Gasteiger partial charge in [-0.05, 0) is 61.3 Å². The highest BCUT2D eigenvalue weighted by Crippen LogP contribution is 2.61. The van der Waals surface area contributed by atoms with Crippen molar-refractivity contribution < 1.29 is 9.59 Å². The van der Waals surface area contributed by atoms with Crippen LogP contribution < -0.4 is 4.90 Å². The number of hydrogen-bond donors (Lipinski definition) is 0. The summed E-state index contributed by atoms with van der Waals surface area (Å²) < 4.78 is 0.762. The fraction of sp³-hybridized carbons (Fsp3) is 0.286. The van der Waals surface area contributed by atoms with Crippen LogP contribution in [-0.4, -0.2) is 11.8 Å². The maximum absolute atomic E-state index is 13.9. The maximum Gasteiger partial charge on any atom is 0.238 e. The summed E-state index contributed by atoms with van der Waals surface area (Å²) in [4.78, 5) is 29.1. The lowest BCUT2D eigenvalue weighted by Gasteiger charge is -2.46. The molecule has 0 N–H and O–H groups in total. The molecule has 160 valence electrons. The molecule has 0 aromatic heterocycles. The van der Waals surface area contributed by atoms with Crippen LogP contribution in [0.1, 0.15) is 60.4 Å². The van der Waals surface area contributed by atoms with Crippen LogP contribution in [0.3, 0.4) is 0 Å². The molecule has 3 aliphatic carbocycles. The molecule has 1 aliphatic heterocycles. The number of benzene rings is 3. The van der Waals surface area contributed by atoms with Gasteiger partial charge < -0.3 is 0 Å². The lowest BCUT2D eigenvalue weighted by atomic mass is 9.54. The first kappa shape index (κ1) is 19.9. The molecule has 0 spiro atoms. The first-order valence-electron chi connectivity index (χ1n) is 11.1. The summed E-state index contributed by atoms with van der Waals surface area (Å²) in [7, 11) is 0. The Labute approximate surface area is 196 Å². The summed E-state index contributed by atoms with van der Waals surface area (Å²) in [5.74, 6) is -1.07. The summed E-state index contributed by atoms with van der Waals surface area (Å²) in [6, 6.07) is 22.6. The van der Waals surface area contributed by atoms with E-state index in [0.29, 0.717) is 5.69 Å². The fourth-order valence-corrected chi connectivity index (χ4v) is 6.53. The number of anilines is 1. The van der Waals surface area contributed by atoms with E-state index in [1.54, 1.807) is 0 Å². The van der Waals surface area contributed by atoms with E-state index in [0.717, 1.165) is 4.47 Å². The molecule has 4 heteroatoms. The number of amides is 2. The van der Waals surface area contributed by atoms with Crippen molar-refractivity contribution in [2.75, 3.05) is 4.90 Å². The van der Waals surface area contributed by atoms with Crippen molar-refractivity contribution in [1.29, 1.82) is 0 Å². The van der Waals surface area contributed by atoms with E-state index >= 15 is 0 Å². The van der Waals surface area contributed by atoms with Crippen molar-refractivity contribution >= 4 is 33.4 Å². The number of halogens is 1. The van der Waals surface area contributed by atoms with Crippen molar-refractivity contribution in [3.8, 4) is 0 Å². The molecular weight excluding hydrogens is 462 g/mol. The summed E-state index contributed by atoms with van der Waals surface area (Å²) in [6.45, 7) is 6.64. The number of carbonyl (C=O) groups excluding carboxylic acids is 2. The van der Waals surface area contributed by atoms with E-state index in [4.69, 9.17) is 0 Å². The molecule has 3 nitrogen and oxygen atoms in total. The van der Waals surface area contributed by atoms with Gasteiger partial charge >= 0.3 is 0 Å². The Morgan fingerprint density at radius 3 is 1.84 bits per heavy atom. The van der Waals surface area contributed by atoms with Crippen molar-refractivity contribution in [1.82, 2.24) is 0 Å². The number of nitrogens with zero attached hydrogens (tertiary/aromatic N) is 1. The van der Waals surface area contributed by atoms with Gasteiger partial charge in [-0.15, -0.1) is 0 Å². The highest BCUT2D eigenvalue weighted by molar-refractivity contribution is 9.10. The van der Waals surface area contributed by atoms with Crippen molar-refractivity contribution in [2.24, 2.45) is 11.8 Å². The second kappa shape index (κ2) is 6.64. The zero-order valence-corrected chi connectivity index (χ0v) is 19.9. The molecular formula is C28H24BrNO2. The minimum atomic E-state index is -0.364. The van der Waals surface area contributed by atoms with E-state index < -0.39 is 0 Å². The van der Waals surface area contributed by atoms with Gasteiger partial charge in [0.1, 0.15) is 0 Å². The van der Waals surface area contributed by atoms with Crippen molar-refractivity contribution in [2.45, 2.75) is 38.0 Å². The van der Waals surface area contributed by atoms with Crippen LogP contribution in [0.15, 0.2) is 71.2 Å². The standard InChI is InChI=1S/C28H24BrNO2/c1-28(2,3)15-12-13-18-19(14-15)23-17-9-5-4-8-16(17)22(18)24-25(23)27(32)30(26(24)31)21-11-7-6-10-20(21)29/h4-14,22-25H,1-3H3/t22-,23-,24+,25-/m1/s1. The minimum absolute atomic E-state index is 0.0150. The SMILES string of the molecule is CC(C)(C)c1ccc2c(c1)[C@H]1c3ccccc3[C@H]2[C@@H]2C(=O)N(c3ccccc3Br)C(=O)[C@H]12. The molecule has 0 radical (unpaired) electrons. The summed E-state index contributed by atoms with van der Waals surface area (Å²) in [5, 5.41) is 0. The Hall–Kier alpha value is -2.72. The molecule has 2 amide bonds. The molecule has 7 rings (SSSR count). The third kappa shape index (κ3) is 2.53. The third-order valence-electron chi connectivity index (χ3n) is 7.50. The van der Waals surface area contributed by atoms with E-state index in [1.165, 1.54) is 32.7 Å². The Kier molecular flexibility index (Phi) is 4.14. The second-order valence-electron chi connectivity index (χ2n) is 10.2. The topological polar surface area (TPSA) is 37.4 Å². The van der Waals surface area contributed by atoms with Gasteiger partial charge in [0.05, 0.1) is 17.5 Å². The Morgan fingerprint density at radius 1 is 0.719 bits per heavy atom. The molecule has 3 aromatic rings. The Bertz CT molecular complexity index is 1300. The lowest BCUT2D eigenvalue weighted by molar-refractivity contribution is -0.122. The van der Waals surface area contributed by atoms with Crippen LogP contribution in [0, 0.1) is 11.8 Å². The summed E-state index contributed by atoms with van der Waals surface area (Å²) >= 11 is 3.55. The first-order chi connectivity index (χ1) is 15.3. The van der Waals surface area contributed by atoms with Crippen LogP contribution in [0.5, 0.6) is 0 Å². The van der Waals surface area contributed by atoms with Gasteiger partial charge in [0.15, 0.2) is 0 Å². The molecule has 1 heterocycles. The number of para-hydroxylation sites is 1. The molecule has 1 fully saturated rings. The number of imide groups is 1. The first-order valence-corrected chi connectivity index (χ1v) is 11.9. The van der Waals surface area contributed by atoms with Gasteiger partial charge in [-0.25, -0.2) is 4.90 Å². The van der Waals surface area contributed by atoms with E-state index in [-0.39, 0.29) is 40.9 Å². The van der Waals surface area contributed by atoms with Gasteiger partial charge in [0.25, 0.3) is 0 Å². The molecule has 32 heavy (non-hydrogen) atoms. The Morgan fingerprint density at radius 2 is 1.25 bits per heavy atom. The fourth-order valence-electron chi connectivity index (χ4n) is 6.06. The number of hydrogen-bond acceptors (Lipinski definition) is 2. The molecule has 1 saturated heterocycles. The quantitative estimate of drug-likeness (QED) is 0.388. The Balaban J connectivity index is 1.58. The molecule has 4 aliphatic rings. The van der Waals surface area contributed by atoms with Crippen LogP contribution in [0.4, 0.5) is 5.69 Å². The predicted octanol–water partition coefficient (Wildman–Crippen LogP) is 6.14. The van der Waals surface area contributed by atoms with Gasteiger partial charge in [-0.2, -0.15) is 0 Å². The highest BCUT2D eigenvalue weighted by atomic mass is 79.9. The smallest absolute Gasteiger partial charge is 0.238 e. The zero-order valence-electron chi connectivity index (χ0n) is 18.3. The monoisotopic (exact) mass is 485 g/mol. The van der Waals surface area contributed by atoms with E-state index in [2.05, 4.69) is 73.1 Å². The predicted molar refractivity (Wildman–Crippen MR) is 129 cm³/mol. The molecule has 3 aromatic carbocycles. The summed E-state index contributed by atoms with van der Waals surface area (Å²) in [5.41, 5.74) is 6.74. The van der Waals surface area contributed by atoms with Gasteiger partial charge in [-0.1, -0.05) is 75.4 Å². The second-order valence-corrected chi connectivity index (χ2v) is 11.0. The molecule has 0 unspecified atom stereocenters. The largest absolute Gasteiger partial charge is 0.274 e. The van der Waals surface area contributed by atoms with Crippen LogP contribution >= 0.6 is 15.9 Å². The normalized spacial score (nSPS) is 25.6. The van der Waals surface area contributed by atoms with Crippen LogP contribution in [0.25, 0.3) is 0 Å². The average Bonchev–Trinajstić information content (AvgIpc) is 3.04. The van der Waals surface area contributed by atoms with E-state index in [9.17, 15) is 9.59 Å². The van der Waals surface area contributed by atoms with Crippen LogP contribution in [-0.2, 0) is 15.0 Å². The molecule has 2 bridgehead atoms. The molecule has 4 atom stereocenters. The molecule has 0 saturated carbocycles. The number of carbonyl (C=O) groups is 2. The van der Waals surface area contributed by atoms with Gasteiger partial charge in [-0.3, -0.25) is 9.59 Å². The van der Waals surface area contributed by atoms with Crippen molar-refractivity contribution in [3.05, 3.63) is 99.0 Å². The zero-order chi connectivity index (χ0) is 22.4. The third-order valence-corrected chi connectivity index (χ3v) is 8.17. The van der Waals surface area contributed by atoms with E-state index in [1.807, 2.05) is 30.3 Å². The summed E-state index contributed by atoms with van der Waals surface area (Å²) in [6.07, 6.45) is 0. The minimum Gasteiger partial charge on any atom is -0.274 e. The van der Waals surface area contributed by atoms with Crippen LogP contribution in [0.2, 0.25) is 0 Å². The highest BCUT2D eigenvalue weighted by Gasteiger charge is 2.62. The lowest BCUT2D eigenvalue weighted by Crippen LogP contribution is -2.41. The maximum atomic E-state index is 13.9. The average molecular weight is 486 g/mol.